The highest BCUT2D eigenvalue weighted by molar-refractivity contribution is 5.29. The van der Waals surface area contributed by atoms with Gasteiger partial charge in [-0.15, -0.1) is 0 Å². The number of alkyl halides is 2. The summed E-state index contributed by atoms with van der Waals surface area (Å²) in [5.41, 5.74) is 4.41. The second-order valence-corrected chi connectivity index (χ2v) is 2.81. The number of nitriles is 1. The molecule has 3 nitrogen and oxygen atoms in total. The summed E-state index contributed by atoms with van der Waals surface area (Å²) in [6.07, 6.45) is -3.13. The molecule has 80 valence electrons. The molecule has 0 atom stereocenters. The molecule has 2 N–H and O–H groups in total. The SMILES string of the molecule is N#CCc1nc(F)c(CN)cc1C(F)F. The van der Waals surface area contributed by atoms with Crippen molar-refractivity contribution in [2.24, 2.45) is 5.73 Å². The zero-order chi connectivity index (χ0) is 11.4. The van der Waals surface area contributed by atoms with Crippen LogP contribution in [0.15, 0.2) is 6.07 Å². The molecule has 0 saturated heterocycles. The number of nitrogens with two attached hydrogens (primary N) is 1. The van der Waals surface area contributed by atoms with Gasteiger partial charge in [-0.1, -0.05) is 0 Å². The maximum Gasteiger partial charge on any atom is 0.265 e. The van der Waals surface area contributed by atoms with Crippen molar-refractivity contribution < 1.29 is 13.2 Å². The van der Waals surface area contributed by atoms with Crippen LogP contribution in [0.4, 0.5) is 13.2 Å². The summed E-state index contributed by atoms with van der Waals surface area (Å²) >= 11 is 0. The highest BCUT2D eigenvalue weighted by atomic mass is 19.3. The Morgan fingerprint density at radius 3 is 2.67 bits per heavy atom. The summed E-state index contributed by atoms with van der Waals surface area (Å²) in [7, 11) is 0. The van der Waals surface area contributed by atoms with Gasteiger partial charge >= 0.3 is 0 Å². The minimum absolute atomic E-state index is 0.0769. The van der Waals surface area contributed by atoms with Gasteiger partial charge in [-0.05, 0) is 6.07 Å². The maximum atomic E-state index is 13.1. The summed E-state index contributed by atoms with van der Waals surface area (Å²) in [6.45, 7) is -0.203. The third-order valence-electron chi connectivity index (χ3n) is 1.86. The lowest BCUT2D eigenvalue weighted by molar-refractivity contribution is 0.149. The van der Waals surface area contributed by atoms with E-state index in [2.05, 4.69) is 4.98 Å². The molecule has 1 heterocycles. The van der Waals surface area contributed by atoms with Crippen LogP contribution in [-0.2, 0) is 13.0 Å². The van der Waals surface area contributed by atoms with Crippen LogP contribution in [0.3, 0.4) is 0 Å². The lowest BCUT2D eigenvalue weighted by Crippen LogP contribution is -2.07. The van der Waals surface area contributed by atoms with Gasteiger partial charge in [-0.2, -0.15) is 9.65 Å². The van der Waals surface area contributed by atoms with Crippen LogP contribution < -0.4 is 5.73 Å². The normalized spacial score (nSPS) is 10.4. The van der Waals surface area contributed by atoms with Crippen molar-refractivity contribution in [3.8, 4) is 6.07 Å². The molecule has 1 rings (SSSR count). The third kappa shape index (κ3) is 2.44. The summed E-state index contributed by atoms with van der Waals surface area (Å²) in [6, 6.07) is 2.61. The minimum Gasteiger partial charge on any atom is -0.326 e. The van der Waals surface area contributed by atoms with Gasteiger partial charge in [0.25, 0.3) is 6.43 Å². The molecule has 0 aliphatic carbocycles. The summed E-state index contributed by atoms with van der Waals surface area (Å²) in [5, 5.41) is 8.36. The van der Waals surface area contributed by atoms with Crippen molar-refractivity contribution in [2.75, 3.05) is 0 Å². The molecular formula is C9H8F3N3. The zero-order valence-electron chi connectivity index (χ0n) is 7.67. The number of hydrogen-bond donors (Lipinski definition) is 1. The van der Waals surface area contributed by atoms with Crippen LogP contribution in [0.5, 0.6) is 0 Å². The largest absolute Gasteiger partial charge is 0.326 e. The molecule has 0 fully saturated rings. The van der Waals surface area contributed by atoms with Crippen molar-refractivity contribution in [3.63, 3.8) is 0 Å². The van der Waals surface area contributed by atoms with Crippen molar-refractivity contribution >= 4 is 0 Å². The molecule has 1 aromatic rings. The molecule has 0 unspecified atom stereocenters. The molecular weight excluding hydrogens is 207 g/mol. The molecule has 0 bridgehead atoms. The summed E-state index contributed by atoms with van der Waals surface area (Å²) in [4.78, 5) is 3.31. The van der Waals surface area contributed by atoms with Crippen LogP contribution in [-0.4, -0.2) is 4.98 Å². The van der Waals surface area contributed by atoms with Gasteiger partial charge in [0, 0.05) is 17.7 Å². The van der Waals surface area contributed by atoms with Crippen LogP contribution in [0.1, 0.15) is 23.2 Å². The van der Waals surface area contributed by atoms with Crippen LogP contribution in [0.25, 0.3) is 0 Å². The van der Waals surface area contributed by atoms with E-state index in [-0.39, 0.29) is 24.2 Å². The molecule has 0 radical (unpaired) electrons. The van der Waals surface area contributed by atoms with Crippen molar-refractivity contribution in [2.45, 2.75) is 19.4 Å². The topological polar surface area (TPSA) is 62.7 Å². The molecule has 15 heavy (non-hydrogen) atoms. The van der Waals surface area contributed by atoms with E-state index in [0.717, 1.165) is 6.07 Å². The molecule has 6 heteroatoms. The Balaban J connectivity index is 3.26. The van der Waals surface area contributed by atoms with E-state index in [1.54, 1.807) is 6.07 Å². The van der Waals surface area contributed by atoms with Crippen molar-refractivity contribution in [1.29, 1.82) is 5.26 Å². The average Bonchev–Trinajstić information content (AvgIpc) is 2.18. The van der Waals surface area contributed by atoms with E-state index in [9.17, 15) is 13.2 Å². The number of rotatable bonds is 3. The van der Waals surface area contributed by atoms with Crippen LogP contribution in [0, 0.1) is 17.3 Å². The number of halogens is 3. The first-order valence-corrected chi connectivity index (χ1v) is 4.13. The highest BCUT2D eigenvalue weighted by Crippen LogP contribution is 2.24. The smallest absolute Gasteiger partial charge is 0.265 e. The fourth-order valence-electron chi connectivity index (χ4n) is 1.13. The van der Waals surface area contributed by atoms with E-state index in [1.807, 2.05) is 0 Å². The number of hydrogen-bond acceptors (Lipinski definition) is 3. The molecule has 0 aliphatic rings. The van der Waals surface area contributed by atoms with Crippen molar-refractivity contribution in [1.82, 2.24) is 4.98 Å². The third-order valence-corrected chi connectivity index (χ3v) is 1.86. The van der Waals surface area contributed by atoms with Crippen LogP contribution in [0.2, 0.25) is 0 Å². The molecule has 0 amide bonds. The van der Waals surface area contributed by atoms with Gasteiger partial charge < -0.3 is 5.73 Å². The predicted molar refractivity (Wildman–Crippen MR) is 46.4 cm³/mol. The van der Waals surface area contributed by atoms with Gasteiger partial charge in [0.2, 0.25) is 5.95 Å². The average molecular weight is 215 g/mol. The van der Waals surface area contributed by atoms with Crippen molar-refractivity contribution in [3.05, 3.63) is 28.8 Å². The number of nitrogens with zero attached hydrogens (tertiary/aromatic N) is 2. The fraction of sp³-hybridized carbons (Fsp3) is 0.333. The van der Waals surface area contributed by atoms with Gasteiger partial charge in [-0.3, -0.25) is 0 Å². The highest BCUT2D eigenvalue weighted by Gasteiger charge is 2.17. The lowest BCUT2D eigenvalue weighted by Gasteiger charge is -2.08. The second-order valence-electron chi connectivity index (χ2n) is 2.81. The van der Waals surface area contributed by atoms with Gasteiger partial charge in [0.1, 0.15) is 0 Å². The summed E-state index contributed by atoms with van der Waals surface area (Å²) < 4.78 is 38.0. The Kier molecular flexibility index (Phi) is 3.63. The van der Waals surface area contributed by atoms with E-state index in [1.165, 1.54) is 0 Å². The maximum absolute atomic E-state index is 13.1. The number of aromatic nitrogens is 1. The first-order valence-electron chi connectivity index (χ1n) is 4.13. The van der Waals surface area contributed by atoms with Gasteiger partial charge in [0.15, 0.2) is 0 Å². The first kappa shape index (κ1) is 11.5. The van der Waals surface area contributed by atoms with E-state index in [4.69, 9.17) is 11.0 Å². The lowest BCUT2D eigenvalue weighted by atomic mass is 10.1. The van der Waals surface area contributed by atoms with E-state index >= 15 is 0 Å². The molecule has 0 saturated carbocycles. The van der Waals surface area contributed by atoms with Gasteiger partial charge in [-0.25, -0.2) is 13.8 Å². The van der Waals surface area contributed by atoms with Gasteiger partial charge in [0.05, 0.1) is 18.2 Å². The standard InChI is InChI=1S/C9H8F3N3/c10-8(11)6-3-5(4-14)9(12)15-7(6)1-2-13/h3,8H,1,4,14H2. The van der Waals surface area contributed by atoms with Crippen LogP contribution >= 0.6 is 0 Å². The zero-order valence-corrected chi connectivity index (χ0v) is 7.67. The molecule has 0 spiro atoms. The Bertz CT molecular complexity index is 398. The predicted octanol–water partition coefficient (Wildman–Crippen LogP) is 1.68. The van der Waals surface area contributed by atoms with E-state index in [0.29, 0.717) is 0 Å². The Hall–Kier alpha value is -1.61. The second kappa shape index (κ2) is 4.75. The minimum atomic E-state index is -2.79. The molecule has 1 aromatic heterocycles. The molecule has 0 aromatic carbocycles. The Morgan fingerprint density at radius 1 is 1.53 bits per heavy atom. The fourth-order valence-corrected chi connectivity index (χ4v) is 1.13. The molecule has 0 aliphatic heterocycles. The number of pyridine rings is 1. The van der Waals surface area contributed by atoms with E-state index < -0.39 is 17.9 Å². The first-order chi connectivity index (χ1) is 7.10. The monoisotopic (exact) mass is 215 g/mol. The Labute approximate surface area is 84.3 Å². The summed E-state index contributed by atoms with van der Waals surface area (Å²) in [5.74, 6) is -0.896. The quantitative estimate of drug-likeness (QED) is 0.780. The Morgan fingerprint density at radius 2 is 2.20 bits per heavy atom.